The van der Waals surface area contributed by atoms with Crippen molar-refractivity contribution in [3.05, 3.63) is 29.8 Å². The molecule has 17 heavy (non-hydrogen) atoms. The minimum atomic E-state index is 0.477. The Kier molecular flexibility index (Phi) is 4.45. The highest BCUT2D eigenvalue weighted by Crippen LogP contribution is 2.22. The van der Waals surface area contributed by atoms with E-state index in [0.29, 0.717) is 12.6 Å². The van der Waals surface area contributed by atoms with Crippen LogP contribution < -0.4 is 5.32 Å². The number of aliphatic imine (C=N–C) groups is 1. The second-order valence-corrected chi connectivity index (χ2v) is 5.07. The highest BCUT2D eigenvalue weighted by Gasteiger charge is 2.16. The summed E-state index contributed by atoms with van der Waals surface area (Å²) in [5, 5.41) is 4.40. The summed E-state index contributed by atoms with van der Waals surface area (Å²) >= 11 is 1.80. The maximum absolute atomic E-state index is 5.12. The van der Waals surface area contributed by atoms with Crippen LogP contribution in [-0.4, -0.2) is 24.1 Å². The molecule has 0 bridgehead atoms. The zero-order valence-corrected chi connectivity index (χ0v) is 11.1. The molecule has 1 aromatic carbocycles. The van der Waals surface area contributed by atoms with Crippen LogP contribution in [0.3, 0.4) is 0 Å². The molecule has 1 aliphatic rings. The summed E-state index contributed by atoms with van der Waals surface area (Å²) in [6.07, 6.45) is 1.11. The predicted octanol–water partition coefficient (Wildman–Crippen LogP) is 3.13. The van der Waals surface area contributed by atoms with Gasteiger partial charge in [0.25, 0.3) is 0 Å². The van der Waals surface area contributed by atoms with Crippen molar-refractivity contribution in [3.8, 4) is 0 Å². The monoisotopic (exact) mass is 250 g/mol. The van der Waals surface area contributed by atoms with E-state index in [4.69, 9.17) is 4.74 Å². The van der Waals surface area contributed by atoms with Crippen molar-refractivity contribution in [1.29, 1.82) is 0 Å². The number of hydrogen-bond acceptors (Lipinski definition) is 4. The number of amidine groups is 1. The Bertz CT molecular complexity index is 406. The van der Waals surface area contributed by atoms with Gasteiger partial charge in [-0.05, 0) is 24.1 Å². The number of thioether (sulfide) groups is 1. The average Bonchev–Trinajstić information content (AvgIpc) is 2.78. The lowest BCUT2D eigenvalue weighted by Gasteiger charge is -2.07. The molecule has 0 radical (unpaired) electrons. The van der Waals surface area contributed by atoms with Crippen LogP contribution >= 0.6 is 11.8 Å². The molecule has 1 aromatic rings. The molecule has 1 aliphatic heterocycles. The lowest BCUT2D eigenvalue weighted by molar-refractivity contribution is 0.185. The molecule has 0 aromatic heterocycles. The SMILES string of the molecule is CCC1CSC(Nc2cccc(COC)c2)=N1. The van der Waals surface area contributed by atoms with Gasteiger partial charge in [-0.1, -0.05) is 30.8 Å². The summed E-state index contributed by atoms with van der Waals surface area (Å²) in [5.41, 5.74) is 2.26. The summed E-state index contributed by atoms with van der Waals surface area (Å²) < 4.78 is 5.12. The zero-order chi connectivity index (χ0) is 12.1. The third kappa shape index (κ3) is 3.48. The fraction of sp³-hybridized carbons (Fsp3) is 0.462. The van der Waals surface area contributed by atoms with Gasteiger partial charge in [-0.2, -0.15) is 0 Å². The first-order valence-corrected chi connectivity index (χ1v) is 6.86. The van der Waals surface area contributed by atoms with E-state index in [0.717, 1.165) is 23.0 Å². The highest BCUT2D eigenvalue weighted by molar-refractivity contribution is 8.14. The molecule has 1 atom stereocenters. The van der Waals surface area contributed by atoms with Crippen LogP contribution in [0.15, 0.2) is 29.3 Å². The molecule has 3 nitrogen and oxygen atoms in total. The van der Waals surface area contributed by atoms with Crippen molar-refractivity contribution in [2.45, 2.75) is 26.0 Å². The Balaban J connectivity index is 2.01. The van der Waals surface area contributed by atoms with Gasteiger partial charge in [0.15, 0.2) is 5.17 Å². The van der Waals surface area contributed by atoms with Crippen molar-refractivity contribution in [3.63, 3.8) is 0 Å². The molecule has 4 heteroatoms. The van der Waals surface area contributed by atoms with Gasteiger partial charge in [0, 0.05) is 18.6 Å². The fourth-order valence-corrected chi connectivity index (χ4v) is 2.80. The molecule has 0 fully saturated rings. The standard InChI is InChI=1S/C13H18N2OS/c1-3-11-9-17-13(14-11)15-12-6-4-5-10(7-12)8-16-2/h4-7,11H,3,8-9H2,1-2H3,(H,14,15). The number of hydrogen-bond donors (Lipinski definition) is 1. The lowest BCUT2D eigenvalue weighted by Crippen LogP contribution is -2.05. The Morgan fingerprint density at radius 2 is 2.41 bits per heavy atom. The van der Waals surface area contributed by atoms with Gasteiger partial charge in [-0.3, -0.25) is 4.99 Å². The van der Waals surface area contributed by atoms with E-state index in [-0.39, 0.29) is 0 Å². The molecule has 2 rings (SSSR count). The molecule has 92 valence electrons. The van der Waals surface area contributed by atoms with Crippen LogP contribution in [0.4, 0.5) is 5.69 Å². The number of rotatable bonds is 4. The number of anilines is 1. The van der Waals surface area contributed by atoms with Crippen LogP contribution in [-0.2, 0) is 11.3 Å². The molecule has 0 aliphatic carbocycles. The van der Waals surface area contributed by atoms with E-state index in [1.807, 2.05) is 6.07 Å². The minimum Gasteiger partial charge on any atom is -0.380 e. The van der Waals surface area contributed by atoms with Crippen molar-refractivity contribution in [2.75, 3.05) is 18.2 Å². The van der Waals surface area contributed by atoms with E-state index in [1.165, 1.54) is 5.56 Å². The molecule has 0 spiro atoms. The van der Waals surface area contributed by atoms with Gasteiger partial charge in [0.05, 0.1) is 12.6 Å². The minimum absolute atomic E-state index is 0.477. The number of methoxy groups -OCH3 is 1. The molecular formula is C13H18N2OS. The second-order valence-electron chi connectivity index (χ2n) is 4.07. The van der Waals surface area contributed by atoms with Crippen molar-refractivity contribution in [1.82, 2.24) is 0 Å². The molecule has 1 N–H and O–H groups in total. The molecule has 1 unspecified atom stereocenters. The van der Waals surface area contributed by atoms with Crippen molar-refractivity contribution in [2.24, 2.45) is 4.99 Å². The number of ether oxygens (including phenoxy) is 1. The molecular weight excluding hydrogens is 232 g/mol. The molecule has 0 saturated heterocycles. The Hall–Kier alpha value is -1.00. The van der Waals surface area contributed by atoms with Crippen LogP contribution in [0.5, 0.6) is 0 Å². The Morgan fingerprint density at radius 3 is 3.12 bits per heavy atom. The summed E-state index contributed by atoms with van der Waals surface area (Å²) in [6.45, 7) is 2.82. The number of benzene rings is 1. The summed E-state index contributed by atoms with van der Waals surface area (Å²) in [4.78, 5) is 4.61. The molecule has 0 saturated carbocycles. The summed E-state index contributed by atoms with van der Waals surface area (Å²) in [6, 6.07) is 8.74. The maximum atomic E-state index is 5.12. The van der Waals surface area contributed by atoms with Crippen LogP contribution in [0.1, 0.15) is 18.9 Å². The first-order chi connectivity index (χ1) is 8.31. The molecule has 0 amide bonds. The van der Waals surface area contributed by atoms with E-state index in [1.54, 1.807) is 18.9 Å². The predicted molar refractivity (Wildman–Crippen MR) is 74.7 cm³/mol. The highest BCUT2D eigenvalue weighted by atomic mass is 32.2. The average molecular weight is 250 g/mol. The van der Waals surface area contributed by atoms with Crippen LogP contribution in [0, 0.1) is 0 Å². The first-order valence-electron chi connectivity index (χ1n) is 5.87. The smallest absolute Gasteiger partial charge is 0.161 e. The van der Waals surface area contributed by atoms with Crippen molar-refractivity contribution >= 4 is 22.6 Å². The van der Waals surface area contributed by atoms with E-state index < -0.39 is 0 Å². The van der Waals surface area contributed by atoms with Crippen molar-refractivity contribution < 1.29 is 4.74 Å². The third-order valence-corrected chi connectivity index (χ3v) is 3.71. The van der Waals surface area contributed by atoms with E-state index in [9.17, 15) is 0 Å². The topological polar surface area (TPSA) is 33.6 Å². The summed E-state index contributed by atoms with van der Waals surface area (Å²) in [7, 11) is 1.71. The maximum Gasteiger partial charge on any atom is 0.161 e. The van der Waals surface area contributed by atoms with Gasteiger partial charge in [-0.15, -0.1) is 0 Å². The third-order valence-electron chi connectivity index (χ3n) is 2.67. The zero-order valence-electron chi connectivity index (χ0n) is 10.3. The normalized spacial score (nSPS) is 19.2. The van der Waals surface area contributed by atoms with Crippen LogP contribution in [0.25, 0.3) is 0 Å². The van der Waals surface area contributed by atoms with E-state index >= 15 is 0 Å². The quantitative estimate of drug-likeness (QED) is 0.891. The van der Waals surface area contributed by atoms with E-state index in [2.05, 4.69) is 35.4 Å². The van der Waals surface area contributed by atoms with Gasteiger partial charge in [-0.25, -0.2) is 0 Å². The van der Waals surface area contributed by atoms with Crippen LogP contribution in [0.2, 0.25) is 0 Å². The van der Waals surface area contributed by atoms with Gasteiger partial charge in [0.2, 0.25) is 0 Å². The lowest BCUT2D eigenvalue weighted by atomic mass is 10.2. The number of nitrogens with zero attached hydrogens (tertiary/aromatic N) is 1. The largest absolute Gasteiger partial charge is 0.380 e. The second kappa shape index (κ2) is 6.07. The van der Waals surface area contributed by atoms with Gasteiger partial charge >= 0.3 is 0 Å². The Labute approximate surface area is 107 Å². The molecule has 1 heterocycles. The fourth-order valence-electron chi connectivity index (χ4n) is 1.72. The van der Waals surface area contributed by atoms with Gasteiger partial charge in [0.1, 0.15) is 0 Å². The Morgan fingerprint density at radius 1 is 1.53 bits per heavy atom. The number of nitrogens with one attached hydrogen (secondary N) is 1. The van der Waals surface area contributed by atoms with Gasteiger partial charge < -0.3 is 10.1 Å². The summed E-state index contributed by atoms with van der Waals surface area (Å²) in [5.74, 6) is 1.09. The first kappa shape index (κ1) is 12.5.